The molecule has 0 radical (unpaired) electrons. The molecule has 9 nitrogen and oxygen atoms in total. The molecule has 0 aliphatic carbocycles. The number of sulfonamides is 1. The molecule has 0 atom stereocenters. The van der Waals surface area contributed by atoms with E-state index < -0.39 is 21.9 Å². The number of rotatable bonds is 6. The highest BCUT2D eigenvalue weighted by atomic mass is 32.2. The first-order valence-corrected chi connectivity index (χ1v) is 9.93. The molecule has 0 unspecified atom stereocenters. The average molecular weight is 414 g/mol. The fourth-order valence-corrected chi connectivity index (χ4v) is 3.90. The predicted octanol–water partition coefficient (Wildman–Crippen LogP) is 1.81. The molecular weight excluding hydrogens is 396 g/mol. The molecule has 0 saturated heterocycles. The van der Waals surface area contributed by atoms with Gasteiger partial charge in [-0.2, -0.15) is 0 Å². The van der Waals surface area contributed by atoms with Gasteiger partial charge in [0.2, 0.25) is 0 Å². The van der Waals surface area contributed by atoms with Crippen molar-refractivity contribution in [3.05, 3.63) is 77.4 Å². The number of hydrogen-bond donors (Lipinski definition) is 3. The van der Waals surface area contributed by atoms with Crippen LogP contribution < -0.4 is 10.3 Å². The molecule has 10 heteroatoms. The maximum atomic E-state index is 12.7. The second-order valence-electron chi connectivity index (χ2n) is 6.27. The van der Waals surface area contributed by atoms with Crippen molar-refractivity contribution < 1.29 is 23.1 Å². The molecule has 3 aromatic rings. The van der Waals surface area contributed by atoms with Gasteiger partial charge in [-0.3, -0.25) is 14.8 Å². The minimum absolute atomic E-state index is 0.117. The molecule has 1 aromatic heterocycles. The molecule has 29 heavy (non-hydrogen) atoms. The number of aryl methyl sites for hydroxylation is 1. The number of nitrogens with zero attached hydrogens (tertiary/aromatic N) is 2. The van der Waals surface area contributed by atoms with E-state index in [0.29, 0.717) is 16.8 Å². The number of carbonyl (C=O) groups excluding carboxylic acids is 1. The summed E-state index contributed by atoms with van der Waals surface area (Å²) in [5, 5.41) is 9.18. The minimum atomic E-state index is -4.21. The number of hydrazine groups is 1. The summed E-state index contributed by atoms with van der Waals surface area (Å²) >= 11 is 0. The fourth-order valence-electron chi connectivity index (χ4n) is 2.72. The van der Waals surface area contributed by atoms with E-state index in [9.17, 15) is 23.1 Å². The first-order chi connectivity index (χ1) is 13.7. The van der Waals surface area contributed by atoms with E-state index in [-0.39, 0.29) is 16.2 Å². The first-order valence-electron chi connectivity index (χ1n) is 8.45. The quantitative estimate of drug-likeness (QED) is 0.528. The van der Waals surface area contributed by atoms with Gasteiger partial charge in [0.15, 0.2) is 0 Å². The van der Waals surface area contributed by atoms with Crippen LogP contribution in [-0.2, 0) is 10.0 Å². The lowest BCUT2D eigenvalue weighted by atomic mass is 10.1. The normalized spacial score (nSPS) is 11.2. The highest BCUT2D eigenvalue weighted by molar-refractivity contribution is 7.89. The maximum Gasteiger partial charge on any atom is 0.335 e. The van der Waals surface area contributed by atoms with Gasteiger partial charge in [0.05, 0.1) is 23.0 Å². The summed E-state index contributed by atoms with van der Waals surface area (Å²) in [7, 11) is -4.21. The van der Waals surface area contributed by atoms with Gasteiger partial charge in [0.25, 0.3) is 15.9 Å². The number of nitrogens with one attached hydrogen (secondary N) is 2. The number of carbonyl (C=O) groups is 2. The molecular formula is C19H18N4O5S. The van der Waals surface area contributed by atoms with Crippen LogP contribution in [0.3, 0.4) is 0 Å². The Kier molecular flexibility index (Phi) is 5.48. The van der Waals surface area contributed by atoms with Crippen molar-refractivity contribution in [1.29, 1.82) is 0 Å². The van der Waals surface area contributed by atoms with Crippen LogP contribution in [0.15, 0.2) is 59.9 Å². The zero-order valence-electron chi connectivity index (χ0n) is 15.6. The summed E-state index contributed by atoms with van der Waals surface area (Å²) in [4.78, 5) is 29.5. The van der Waals surface area contributed by atoms with Gasteiger partial charge in [-0.05, 0) is 49.2 Å². The van der Waals surface area contributed by atoms with Crippen molar-refractivity contribution in [1.82, 2.24) is 19.8 Å². The molecule has 1 heterocycles. The van der Waals surface area contributed by atoms with E-state index in [4.69, 9.17) is 0 Å². The molecule has 0 spiro atoms. The van der Waals surface area contributed by atoms with Crippen LogP contribution >= 0.6 is 0 Å². The highest BCUT2D eigenvalue weighted by Gasteiger charge is 2.22. The van der Waals surface area contributed by atoms with Crippen LogP contribution in [0.25, 0.3) is 5.69 Å². The van der Waals surface area contributed by atoms with Gasteiger partial charge < -0.3 is 5.11 Å². The van der Waals surface area contributed by atoms with Gasteiger partial charge in [0.1, 0.15) is 5.69 Å². The summed E-state index contributed by atoms with van der Waals surface area (Å²) in [6.45, 7) is 3.17. The first kappa shape index (κ1) is 20.2. The number of aromatic nitrogens is 2. The maximum absolute atomic E-state index is 12.7. The average Bonchev–Trinajstić information content (AvgIpc) is 3.18. The lowest BCUT2D eigenvalue weighted by Gasteiger charge is -2.13. The SMILES string of the molecule is Cc1cc(C(=O)O)cc(S(=O)(=O)NNC(=O)c2cncn2-c2ccccc2)c1C. The van der Waals surface area contributed by atoms with Gasteiger partial charge >= 0.3 is 5.97 Å². The molecule has 0 aliphatic heterocycles. The van der Waals surface area contributed by atoms with Crippen molar-refractivity contribution in [2.75, 3.05) is 0 Å². The molecule has 0 bridgehead atoms. The predicted molar refractivity (Wildman–Crippen MR) is 104 cm³/mol. The van der Waals surface area contributed by atoms with Crippen LogP contribution in [0.4, 0.5) is 0 Å². The molecule has 3 N–H and O–H groups in total. The van der Waals surface area contributed by atoms with Gasteiger partial charge in [-0.25, -0.2) is 18.2 Å². The van der Waals surface area contributed by atoms with E-state index in [1.807, 2.05) is 10.9 Å². The summed E-state index contributed by atoms with van der Waals surface area (Å²) < 4.78 is 26.8. The number of carboxylic acids is 1. The summed E-state index contributed by atoms with van der Waals surface area (Å²) in [6.07, 6.45) is 2.74. The van der Waals surface area contributed by atoms with Gasteiger partial charge in [0, 0.05) is 5.69 Å². The Morgan fingerprint density at radius 3 is 2.45 bits per heavy atom. The van der Waals surface area contributed by atoms with Gasteiger partial charge in [-0.1, -0.05) is 18.2 Å². The zero-order valence-corrected chi connectivity index (χ0v) is 16.4. The lowest BCUT2D eigenvalue weighted by Crippen LogP contribution is -2.42. The van der Waals surface area contributed by atoms with Crippen molar-refractivity contribution in [2.24, 2.45) is 0 Å². The second-order valence-corrected chi connectivity index (χ2v) is 7.92. The number of imidazole rings is 1. The van der Waals surface area contributed by atoms with Crippen LogP contribution in [0.2, 0.25) is 0 Å². The molecule has 0 aliphatic rings. The Morgan fingerprint density at radius 2 is 1.79 bits per heavy atom. The van der Waals surface area contributed by atoms with Crippen LogP contribution in [0, 0.1) is 13.8 Å². The van der Waals surface area contributed by atoms with E-state index in [0.717, 1.165) is 6.07 Å². The Morgan fingerprint density at radius 1 is 1.10 bits per heavy atom. The van der Waals surface area contributed by atoms with Gasteiger partial charge in [-0.15, -0.1) is 4.83 Å². The molecule has 1 amide bonds. The molecule has 0 saturated carbocycles. The number of aromatic carboxylic acids is 1. The monoisotopic (exact) mass is 414 g/mol. The standard InChI is InChI=1S/C19H18N4O5S/c1-12-8-14(19(25)26)9-17(13(12)2)29(27,28)22-21-18(24)16-10-20-11-23(16)15-6-4-3-5-7-15/h3-11,22H,1-2H3,(H,21,24)(H,25,26). The third-order valence-corrected chi connectivity index (χ3v) is 5.73. The smallest absolute Gasteiger partial charge is 0.335 e. The number of para-hydroxylation sites is 1. The summed E-state index contributed by atoms with van der Waals surface area (Å²) in [5.74, 6) is -1.97. The molecule has 3 rings (SSSR count). The minimum Gasteiger partial charge on any atom is -0.478 e. The summed E-state index contributed by atoms with van der Waals surface area (Å²) in [5.41, 5.74) is 3.65. The third kappa shape index (κ3) is 4.18. The van der Waals surface area contributed by atoms with Crippen LogP contribution in [-0.4, -0.2) is 35.0 Å². The Bertz CT molecular complexity index is 1190. The van der Waals surface area contributed by atoms with E-state index in [1.54, 1.807) is 38.1 Å². The topological polar surface area (TPSA) is 130 Å². The van der Waals surface area contributed by atoms with Crippen molar-refractivity contribution in [3.63, 3.8) is 0 Å². The van der Waals surface area contributed by atoms with Crippen molar-refractivity contribution in [3.8, 4) is 5.69 Å². The van der Waals surface area contributed by atoms with E-state index in [1.165, 1.54) is 23.2 Å². The number of carboxylic acid groups (broad SMARTS) is 1. The van der Waals surface area contributed by atoms with Crippen LogP contribution in [0.5, 0.6) is 0 Å². The van der Waals surface area contributed by atoms with E-state index in [2.05, 4.69) is 10.4 Å². The largest absolute Gasteiger partial charge is 0.478 e. The lowest BCUT2D eigenvalue weighted by molar-refractivity contribution is 0.0696. The number of hydrogen-bond acceptors (Lipinski definition) is 5. The Labute approximate surface area is 167 Å². The second kappa shape index (κ2) is 7.86. The Hall–Kier alpha value is -3.50. The number of benzene rings is 2. The zero-order chi connectivity index (χ0) is 21.2. The van der Waals surface area contributed by atoms with Crippen LogP contribution in [0.1, 0.15) is 32.0 Å². The number of amides is 1. The Balaban J connectivity index is 1.85. The summed E-state index contributed by atoms with van der Waals surface area (Å²) in [6, 6.07) is 11.4. The molecule has 150 valence electrons. The third-order valence-electron chi connectivity index (χ3n) is 4.36. The van der Waals surface area contributed by atoms with Crippen molar-refractivity contribution in [2.45, 2.75) is 18.7 Å². The van der Waals surface area contributed by atoms with Crippen molar-refractivity contribution >= 4 is 21.9 Å². The fraction of sp³-hybridized carbons (Fsp3) is 0.105. The van der Waals surface area contributed by atoms with E-state index >= 15 is 0 Å². The molecule has 0 fully saturated rings. The molecule has 2 aromatic carbocycles. The highest BCUT2D eigenvalue weighted by Crippen LogP contribution is 2.21.